The Morgan fingerprint density at radius 3 is 3.07 bits per heavy atom. The first kappa shape index (κ1) is 11.5. The Morgan fingerprint density at radius 1 is 1.60 bits per heavy atom. The van der Waals surface area contributed by atoms with E-state index in [1.807, 2.05) is 24.3 Å². The lowest BCUT2D eigenvalue weighted by molar-refractivity contribution is 0.415. The molecule has 0 heterocycles. The standard InChI is InChI=1S/C11H14N2OS/c1-3-7-12-11(15)13-9-5-4-6-10(8-9)14-2/h3-6,8H,1,7H2,2H3,(H2,12,13,15). The fourth-order valence-corrected chi connectivity index (χ4v) is 1.24. The van der Waals surface area contributed by atoms with Crippen molar-refractivity contribution >= 4 is 23.0 Å². The van der Waals surface area contributed by atoms with Crippen molar-refractivity contribution in [2.45, 2.75) is 0 Å². The monoisotopic (exact) mass is 222 g/mol. The molecule has 0 aliphatic rings. The highest BCUT2D eigenvalue weighted by Crippen LogP contribution is 2.16. The smallest absolute Gasteiger partial charge is 0.171 e. The SMILES string of the molecule is C=CCNC(=S)Nc1cccc(OC)c1. The van der Waals surface area contributed by atoms with E-state index in [-0.39, 0.29) is 0 Å². The van der Waals surface area contributed by atoms with Crippen LogP contribution >= 0.6 is 12.2 Å². The summed E-state index contributed by atoms with van der Waals surface area (Å²) >= 11 is 5.07. The summed E-state index contributed by atoms with van der Waals surface area (Å²) < 4.78 is 5.10. The number of nitrogens with one attached hydrogen (secondary N) is 2. The van der Waals surface area contributed by atoms with Crippen LogP contribution in [-0.2, 0) is 0 Å². The van der Waals surface area contributed by atoms with Gasteiger partial charge in [0.15, 0.2) is 5.11 Å². The molecule has 0 saturated carbocycles. The molecule has 4 heteroatoms. The van der Waals surface area contributed by atoms with E-state index in [0.29, 0.717) is 11.7 Å². The number of methoxy groups -OCH3 is 1. The number of rotatable bonds is 4. The first-order valence-electron chi connectivity index (χ1n) is 4.56. The molecule has 15 heavy (non-hydrogen) atoms. The average Bonchev–Trinajstić information content (AvgIpc) is 2.26. The largest absolute Gasteiger partial charge is 0.497 e. The first-order chi connectivity index (χ1) is 7.26. The molecule has 0 aromatic heterocycles. The quantitative estimate of drug-likeness (QED) is 0.604. The lowest BCUT2D eigenvalue weighted by Gasteiger charge is -2.09. The molecule has 0 spiro atoms. The molecule has 0 unspecified atom stereocenters. The number of ether oxygens (including phenoxy) is 1. The van der Waals surface area contributed by atoms with E-state index >= 15 is 0 Å². The van der Waals surface area contributed by atoms with Crippen molar-refractivity contribution in [1.29, 1.82) is 0 Å². The third-order valence-electron chi connectivity index (χ3n) is 1.73. The minimum atomic E-state index is 0.572. The van der Waals surface area contributed by atoms with E-state index in [4.69, 9.17) is 17.0 Å². The van der Waals surface area contributed by atoms with E-state index in [0.717, 1.165) is 11.4 Å². The first-order valence-corrected chi connectivity index (χ1v) is 4.97. The predicted octanol–water partition coefficient (Wildman–Crippen LogP) is 2.17. The van der Waals surface area contributed by atoms with E-state index in [1.54, 1.807) is 13.2 Å². The molecule has 0 saturated heterocycles. The van der Waals surface area contributed by atoms with Gasteiger partial charge in [-0.3, -0.25) is 0 Å². The van der Waals surface area contributed by atoms with Gasteiger partial charge in [0, 0.05) is 18.3 Å². The molecule has 1 aromatic carbocycles. The highest BCUT2D eigenvalue weighted by atomic mass is 32.1. The minimum absolute atomic E-state index is 0.572. The molecular weight excluding hydrogens is 208 g/mol. The van der Waals surface area contributed by atoms with E-state index in [2.05, 4.69) is 17.2 Å². The van der Waals surface area contributed by atoms with Crippen molar-refractivity contribution < 1.29 is 4.74 Å². The third-order valence-corrected chi connectivity index (χ3v) is 1.98. The molecule has 0 fully saturated rings. The summed E-state index contributed by atoms with van der Waals surface area (Å²) in [5, 5.41) is 6.60. The minimum Gasteiger partial charge on any atom is -0.497 e. The van der Waals surface area contributed by atoms with Gasteiger partial charge >= 0.3 is 0 Å². The van der Waals surface area contributed by atoms with Crippen molar-refractivity contribution in [3.8, 4) is 5.75 Å². The summed E-state index contributed by atoms with van der Waals surface area (Å²) in [6.07, 6.45) is 1.75. The maximum Gasteiger partial charge on any atom is 0.171 e. The number of hydrogen-bond acceptors (Lipinski definition) is 2. The van der Waals surface area contributed by atoms with E-state index in [1.165, 1.54) is 0 Å². The number of anilines is 1. The van der Waals surface area contributed by atoms with Gasteiger partial charge in [-0.2, -0.15) is 0 Å². The number of benzene rings is 1. The van der Waals surface area contributed by atoms with Crippen LogP contribution in [0, 0.1) is 0 Å². The van der Waals surface area contributed by atoms with E-state index in [9.17, 15) is 0 Å². The predicted molar refractivity (Wildman–Crippen MR) is 67.4 cm³/mol. The number of hydrogen-bond donors (Lipinski definition) is 2. The van der Waals surface area contributed by atoms with Crippen LogP contribution in [-0.4, -0.2) is 18.8 Å². The summed E-state index contributed by atoms with van der Waals surface area (Å²) in [7, 11) is 1.63. The molecule has 0 aliphatic carbocycles. The van der Waals surface area contributed by atoms with Gasteiger partial charge in [0.2, 0.25) is 0 Å². The summed E-state index contributed by atoms with van der Waals surface area (Å²) in [5.41, 5.74) is 0.899. The number of thiocarbonyl (C=S) groups is 1. The van der Waals surface area contributed by atoms with Gasteiger partial charge < -0.3 is 15.4 Å². The normalized spacial score (nSPS) is 9.13. The molecule has 80 valence electrons. The van der Waals surface area contributed by atoms with Crippen LogP contribution in [0.2, 0.25) is 0 Å². The Kier molecular flexibility index (Phi) is 4.63. The second-order valence-electron chi connectivity index (χ2n) is 2.86. The Balaban J connectivity index is 2.55. The molecular formula is C11H14N2OS. The molecule has 0 radical (unpaired) electrons. The van der Waals surface area contributed by atoms with Gasteiger partial charge in [-0.1, -0.05) is 12.1 Å². The lowest BCUT2D eigenvalue weighted by atomic mass is 10.3. The van der Waals surface area contributed by atoms with Crippen LogP contribution < -0.4 is 15.4 Å². The molecule has 0 bridgehead atoms. The van der Waals surface area contributed by atoms with Gasteiger partial charge in [-0.25, -0.2) is 0 Å². The van der Waals surface area contributed by atoms with Gasteiger partial charge in [0.25, 0.3) is 0 Å². The maximum atomic E-state index is 5.10. The van der Waals surface area contributed by atoms with Crippen LogP contribution in [0.25, 0.3) is 0 Å². The van der Waals surface area contributed by atoms with Crippen LogP contribution in [0.3, 0.4) is 0 Å². The Labute approximate surface area is 95.1 Å². The van der Waals surface area contributed by atoms with E-state index < -0.39 is 0 Å². The van der Waals surface area contributed by atoms with Gasteiger partial charge in [0.1, 0.15) is 5.75 Å². The van der Waals surface area contributed by atoms with Crippen molar-refractivity contribution in [2.24, 2.45) is 0 Å². The molecule has 0 aliphatic heterocycles. The summed E-state index contributed by atoms with van der Waals surface area (Å²) in [6, 6.07) is 7.58. The van der Waals surface area contributed by atoms with Crippen molar-refractivity contribution in [2.75, 3.05) is 19.0 Å². The fourth-order valence-electron chi connectivity index (χ4n) is 1.04. The molecule has 2 N–H and O–H groups in total. The highest BCUT2D eigenvalue weighted by molar-refractivity contribution is 7.80. The Hall–Kier alpha value is -1.55. The zero-order valence-corrected chi connectivity index (χ0v) is 9.43. The van der Waals surface area contributed by atoms with Crippen LogP contribution in [0.1, 0.15) is 0 Å². The van der Waals surface area contributed by atoms with Crippen LogP contribution in [0.4, 0.5) is 5.69 Å². The lowest BCUT2D eigenvalue weighted by Crippen LogP contribution is -2.28. The molecule has 1 aromatic rings. The average molecular weight is 222 g/mol. The fraction of sp³-hybridized carbons (Fsp3) is 0.182. The zero-order chi connectivity index (χ0) is 11.1. The summed E-state index contributed by atoms with van der Waals surface area (Å²) in [5.74, 6) is 0.798. The molecule has 3 nitrogen and oxygen atoms in total. The summed E-state index contributed by atoms with van der Waals surface area (Å²) in [6.45, 7) is 4.25. The molecule has 0 amide bonds. The van der Waals surface area contributed by atoms with Crippen LogP contribution in [0.15, 0.2) is 36.9 Å². The van der Waals surface area contributed by atoms with Crippen molar-refractivity contribution in [3.63, 3.8) is 0 Å². The Morgan fingerprint density at radius 2 is 2.40 bits per heavy atom. The van der Waals surface area contributed by atoms with Crippen LogP contribution in [0.5, 0.6) is 5.75 Å². The Bertz CT molecular complexity index is 352. The van der Waals surface area contributed by atoms with Crippen molar-refractivity contribution in [1.82, 2.24) is 5.32 Å². The third kappa shape index (κ3) is 3.99. The molecule has 0 atom stereocenters. The van der Waals surface area contributed by atoms with Gasteiger partial charge in [0.05, 0.1) is 7.11 Å². The maximum absolute atomic E-state index is 5.10. The summed E-state index contributed by atoms with van der Waals surface area (Å²) in [4.78, 5) is 0. The van der Waals surface area contributed by atoms with Gasteiger partial charge in [-0.15, -0.1) is 6.58 Å². The molecule has 1 rings (SSSR count). The van der Waals surface area contributed by atoms with Gasteiger partial charge in [-0.05, 0) is 24.4 Å². The second-order valence-corrected chi connectivity index (χ2v) is 3.26. The second kappa shape index (κ2) is 6.03. The highest BCUT2D eigenvalue weighted by Gasteiger charge is 1.97. The zero-order valence-electron chi connectivity index (χ0n) is 8.62. The topological polar surface area (TPSA) is 33.3 Å². The van der Waals surface area contributed by atoms with Crippen molar-refractivity contribution in [3.05, 3.63) is 36.9 Å².